The van der Waals surface area contributed by atoms with E-state index in [0.29, 0.717) is 33.1 Å². The number of benzene rings is 3. The summed E-state index contributed by atoms with van der Waals surface area (Å²) in [5.41, 5.74) is 3.08. The normalized spacial score (nSPS) is 13.7. The lowest BCUT2D eigenvalue weighted by molar-refractivity contribution is 0.0938. The number of hydrogen-bond acceptors (Lipinski definition) is 4. The van der Waals surface area contributed by atoms with Gasteiger partial charge in [-0.25, -0.2) is 9.37 Å². The lowest BCUT2D eigenvalue weighted by Gasteiger charge is -2.15. The van der Waals surface area contributed by atoms with Crippen molar-refractivity contribution in [3.63, 3.8) is 0 Å². The second kappa shape index (κ2) is 10.5. The van der Waals surface area contributed by atoms with Crippen molar-refractivity contribution >= 4 is 34.6 Å². The number of aromatic nitrogens is 2. The minimum Gasteiger partial charge on any atom is -0.349 e. The number of nitrogens with zero attached hydrogens (tertiary/aromatic N) is 2. The number of amides is 1. The topological polar surface area (TPSA) is 64.0 Å². The summed E-state index contributed by atoms with van der Waals surface area (Å²) in [4.78, 5) is 31.2. The Labute approximate surface area is 213 Å². The Morgan fingerprint density at radius 2 is 1.89 bits per heavy atom. The van der Waals surface area contributed by atoms with Gasteiger partial charge in [0, 0.05) is 17.4 Å². The number of carbonyl (C=O) groups excluding carboxylic acids is 1. The highest BCUT2D eigenvalue weighted by Crippen LogP contribution is 2.26. The summed E-state index contributed by atoms with van der Waals surface area (Å²) in [5.74, 6) is -0.0298. The zero-order valence-corrected chi connectivity index (χ0v) is 20.6. The number of hydrogen-bond donors (Lipinski definition) is 1. The van der Waals surface area contributed by atoms with Crippen LogP contribution in [0.4, 0.5) is 4.39 Å². The molecule has 0 unspecified atom stereocenters. The Morgan fingerprint density at radius 3 is 2.61 bits per heavy atom. The summed E-state index contributed by atoms with van der Waals surface area (Å²) in [5, 5.41) is 3.89. The second-order valence-electron chi connectivity index (χ2n) is 8.94. The van der Waals surface area contributed by atoms with Crippen LogP contribution >= 0.6 is 11.8 Å². The van der Waals surface area contributed by atoms with Gasteiger partial charge in [-0.2, -0.15) is 0 Å². The van der Waals surface area contributed by atoms with Crippen molar-refractivity contribution in [2.24, 2.45) is 0 Å². The SMILES string of the molecule is C=Cc1ccc(CSc2nc3cc(C(=O)NC4CCCC4)ccc3c(=O)n2-c2cccc(F)c2)cc1. The van der Waals surface area contributed by atoms with Gasteiger partial charge in [0.25, 0.3) is 11.5 Å². The molecule has 0 radical (unpaired) electrons. The third kappa shape index (κ3) is 5.11. The summed E-state index contributed by atoms with van der Waals surface area (Å²) in [6, 6.07) is 19.0. The smallest absolute Gasteiger partial charge is 0.266 e. The Hall–Kier alpha value is -3.71. The predicted molar refractivity (Wildman–Crippen MR) is 143 cm³/mol. The van der Waals surface area contributed by atoms with E-state index in [1.54, 1.807) is 36.4 Å². The molecule has 5 nitrogen and oxygen atoms in total. The maximum Gasteiger partial charge on any atom is 0.266 e. The molecule has 1 fully saturated rings. The van der Waals surface area contributed by atoms with Crippen molar-refractivity contribution in [1.29, 1.82) is 0 Å². The number of fused-ring (bicyclic) bond motifs is 1. The van der Waals surface area contributed by atoms with Crippen molar-refractivity contribution in [1.82, 2.24) is 14.9 Å². The monoisotopic (exact) mass is 499 g/mol. The molecular weight excluding hydrogens is 473 g/mol. The van der Waals surface area contributed by atoms with Gasteiger partial charge in [0.05, 0.1) is 16.6 Å². The van der Waals surface area contributed by atoms with Crippen molar-refractivity contribution < 1.29 is 9.18 Å². The lowest BCUT2D eigenvalue weighted by Crippen LogP contribution is -2.32. The molecule has 1 aromatic heterocycles. The van der Waals surface area contributed by atoms with Gasteiger partial charge in [-0.15, -0.1) is 0 Å². The Balaban J connectivity index is 1.54. The van der Waals surface area contributed by atoms with E-state index < -0.39 is 5.82 Å². The molecule has 182 valence electrons. The molecule has 3 aromatic carbocycles. The first-order chi connectivity index (χ1) is 17.5. The average Bonchev–Trinajstić information content (AvgIpc) is 3.40. The third-order valence-corrected chi connectivity index (χ3v) is 7.45. The Morgan fingerprint density at radius 1 is 1.11 bits per heavy atom. The van der Waals surface area contributed by atoms with Crippen molar-refractivity contribution in [2.45, 2.75) is 42.6 Å². The molecule has 1 amide bonds. The molecule has 1 heterocycles. The highest BCUT2D eigenvalue weighted by molar-refractivity contribution is 7.98. The van der Waals surface area contributed by atoms with Gasteiger partial charge in [-0.05, 0) is 60.4 Å². The van der Waals surface area contributed by atoms with Crippen molar-refractivity contribution in [3.8, 4) is 5.69 Å². The highest BCUT2D eigenvalue weighted by atomic mass is 32.2. The number of thioether (sulfide) groups is 1. The molecule has 1 aliphatic rings. The molecule has 0 saturated heterocycles. The zero-order chi connectivity index (χ0) is 25.1. The summed E-state index contributed by atoms with van der Waals surface area (Å²) in [6.07, 6.45) is 6.01. The molecule has 0 aliphatic heterocycles. The van der Waals surface area contributed by atoms with Crippen LogP contribution in [0.15, 0.2) is 83.3 Å². The van der Waals surface area contributed by atoms with Gasteiger partial charge in [0.1, 0.15) is 5.82 Å². The van der Waals surface area contributed by atoms with Crippen LogP contribution in [0.1, 0.15) is 47.2 Å². The molecule has 7 heteroatoms. The second-order valence-corrected chi connectivity index (χ2v) is 9.88. The Kier molecular flexibility index (Phi) is 7.00. The predicted octanol–water partition coefficient (Wildman–Crippen LogP) is 6.13. The number of halogens is 1. The van der Waals surface area contributed by atoms with E-state index in [2.05, 4.69) is 11.9 Å². The summed E-state index contributed by atoms with van der Waals surface area (Å²) in [7, 11) is 0. The fraction of sp³-hybridized carbons (Fsp3) is 0.207. The standard InChI is InChI=1S/C29H26FN3O2S/c1-2-19-10-12-20(13-11-19)18-36-29-32-26-16-21(27(34)31-23-7-3-4-8-23)14-15-25(26)28(35)33(29)24-9-5-6-22(30)17-24/h2,5-6,9-17,23H,1,3-4,7-8,18H2,(H,31,34). The van der Waals surface area contributed by atoms with E-state index in [9.17, 15) is 14.0 Å². The first-order valence-corrected chi connectivity index (χ1v) is 13.0. The quantitative estimate of drug-likeness (QED) is 0.245. The number of carbonyl (C=O) groups is 1. The molecule has 0 bridgehead atoms. The lowest BCUT2D eigenvalue weighted by atomic mass is 10.1. The fourth-order valence-electron chi connectivity index (χ4n) is 4.48. The number of nitrogens with one attached hydrogen (secondary N) is 1. The van der Waals surface area contributed by atoms with Gasteiger partial charge >= 0.3 is 0 Å². The van der Waals surface area contributed by atoms with Crippen LogP contribution in [0, 0.1) is 5.82 Å². The van der Waals surface area contributed by atoms with Crippen LogP contribution in [-0.4, -0.2) is 21.5 Å². The first kappa shape index (κ1) is 24.0. The molecule has 5 rings (SSSR count). The van der Waals surface area contributed by atoms with E-state index in [1.807, 2.05) is 24.3 Å². The molecule has 0 atom stereocenters. The van der Waals surface area contributed by atoms with Gasteiger partial charge < -0.3 is 5.32 Å². The van der Waals surface area contributed by atoms with Crippen LogP contribution in [0.25, 0.3) is 22.7 Å². The molecule has 1 aliphatic carbocycles. The summed E-state index contributed by atoms with van der Waals surface area (Å²) in [6.45, 7) is 3.78. The van der Waals surface area contributed by atoms with Crippen LogP contribution < -0.4 is 10.9 Å². The van der Waals surface area contributed by atoms with E-state index in [1.165, 1.54) is 28.5 Å². The van der Waals surface area contributed by atoms with Crippen LogP contribution in [0.5, 0.6) is 0 Å². The third-order valence-electron chi connectivity index (χ3n) is 6.44. The minimum absolute atomic E-state index is 0.156. The summed E-state index contributed by atoms with van der Waals surface area (Å²) < 4.78 is 15.5. The maximum absolute atomic E-state index is 14.1. The van der Waals surface area contributed by atoms with Crippen LogP contribution in [0.2, 0.25) is 0 Å². The molecule has 1 saturated carbocycles. The van der Waals surface area contributed by atoms with Crippen LogP contribution in [-0.2, 0) is 5.75 Å². The Bertz CT molecular complexity index is 1490. The largest absolute Gasteiger partial charge is 0.349 e. The minimum atomic E-state index is -0.436. The van der Waals surface area contributed by atoms with Gasteiger partial charge in [0.15, 0.2) is 5.16 Å². The van der Waals surface area contributed by atoms with Crippen molar-refractivity contribution in [2.75, 3.05) is 0 Å². The highest BCUT2D eigenvalue weighted by Gasteiger charge is 2.20. The average molecular weight is 500 g/mol. The van der Waals surface area contributed by atoms with Gasteiger partial charge in [0.2, 0.25) is 0 Å². The van der Waals surface area contributed by atoms with E-state index in [4.69, 9.17) is 4.98 Å². The molecule has 1 N–H and O–H groups in total. The fourth-order valence-corrected chi connectivity index (χ4v) is 5.45. The molecule has 4 aromatic rings. The molecule has 36 heavy (non-hydrogen) atoms. The number of rotatable bonds is 7. The van der Waals surface area contributed by atoms with E-state index in [0.717, 1.165) is 36.8 Å². The van der Waals surface area contributed by atoms with E-state index >= 15 is 0 Å². The van der Waals surface area contributed by atoms with Crippen LogP contribution in [0.3, 0.4) is 0 Å². The van der Waals surface area contributed by atoms with Gasteiger partial charge in [-0.3, -0.25) is 14.2 Å². The maximum atomic E-state index is 14.1. The molecular formula is C29H26FN3O2S. The summed E-state index contributed by atoms with van der Waals surface area (Å²) >= 11 is 1.39. The van der Waals surface area contributed by atoms with Gasteiger partial charge in [-0.1, -0.05) is 67.6 Å². The zero-order valence-electron chi connectivity index (χ0n) is 19.7. The molecule has 0 spiro atoms. The van der Waals surface area contributed by atoms with E-state index in [-0.39, 0.29) is 17.5 Å². The van der Waals surface area contributed by atoms with Crippen molar-refractivity contribution in [3.05, 3.63) is 106 Å². The first-order valence-electron chi connectivity index (χ1n) is 12.0.